The Bertz CT molecular complexity index is 608. The van der Waals surface area contributed by atoms with Gasteiger partial charge in [0.15, 0.2) is 5.78 Å². The Balaban J connectivity index is 2.21. The van der Waals surface area contributed by atoms with Crippen LogP contribution in [0.1, 0.15) is 11.5 Å². The second-order valence-electron chi connectivity index (χ2n) is 4.30. The highest BCUT2D eigenvalue weighted by atomic mass is 16.3. The fourth-order valence-corrected chi connectivity index (χ4v) is 2.44. The zero-order valence-electron chi connectivity index (χ0n) is 9.21. The van der Waals surface area contributed by atoms with E-state index in [1.165, 1.54) is 6.08 Å². The zero-order chi connectivity index (χ0) is 11.8. The van der Waals surface area contributed by atoms with Crippen molar-refractivity contribution >= 4 is 16.6 Å². The molecule has 1 aliphatic rings. The lowest BCUT2D eigenvalue weighted by Gasteiger charge is -2.15. The van der Waals surface area contributed by atoms with Crippen LogP contribution in [0.3, 0.4) is 0 Å². The number of hydrogen-bond acceptors (Lipinski definition) is 2. The smallest absolute Gasteiger partial charge is 0.165 e. The van der Waals surface area contributed by atoms with Gasteiger partial charge in [0.05, 0.1) is 12.0 Å². The van der Waals surface area contributed by atoms with Crippen molar-refractivity contribution in [3.05, 3.63) is 60.2 Å². The molecule has 0 bridgehead atoms. The van der Waals surface area contributed by atoms with Crippen molar-refractivity contribution < 1.29 is 9.90 Å². The van der Waals surface area contributed by atoms with Gasteiger partial charge in [0.2, 0.25) is 0 Å². The van der Waals surface area contributed by atoms with E-state index in [4.69, 9.17) is 0 Å². The van der Waals surface area contributed by atoms with Crippen molar-refractivity contribution in [2.24, 2.45) is 0 Å². The first-order chi connectivity index (χ1) is 8.27. The van der Waals surface area contributed by atoms with Gasteiger partial charge in [-0.3, -0.25) is 4.79 Å². The summed E-state index contributed by atoms with van der Waals surface area (Å²) in [5.41, 5.74) is 0.908. The molecular formula is C15H12O2. The minimum Gasteiger partial charge on any atom is -0.388 e. The molecule has 0 unspecified atom stereocenters. The maximum atomic E-state index is 11.8. The van der Waals surface area contributed by atoms with Crippen LogP contribution in [0.25, 0.3) is 10.8 Å². The first-order valence-electron chi connectivity index (χ1n) is 5.65. The van der Waals surface area contributed by atoms with Gasteiger partial charge in [-0.25, -0.2) is 0 Å². The predicted molar refractivity (Wildman–Crippen MR) is 66.8 cm³/mol. The van der Waals surface area contributed by atoms with E-state index in [9.17, 15) is 9.90 Å². The molecule has 0 radical (unpaired) electrons. The fraction of sp³-hybridized carbons (Fsp3) is 0.133. The summed E-state index contributed by atoms with van der Waals surface area (Å²) in [6, 6.07) is 13.8. The van der Waals surface area contributed by atoms with Crippen LogP contribution >= 0.6 is 0 Å². The van der Waals surface area contributed by atoms with E-state index in [2.05, 4.69) is 0 Å². The molecule has 0 amide bonds. The van der Waals surface area contributed by atoms with Crippen LogP contribution in [-0.2, 0) is 4.79 Å². The number of hydrogen-bond donors (Lipinski definition) is 1. The summed E-state index contributed by atoms with van der Waals surface area (Å²) in [5.74, 6) is -0.463. The van der Waals surface area contributed by atoms with E-state index < -0.39 is 12.0 Å². The Morgan fingerprint density at radius 1 is 1.00 bits per heavy atom. The molecule has 0 fully saturated rings. The minimum absolute atomic E-state index is 0.0196. The SMILES string of the molecule is O=C1C=C[C@H](O)[C@H]1c1cccc2ccccc12. The molecule has 0 aromatic heterocycles. The molecule has 2 atom stereocenters. The van der Waals surface area contributed by atoms with E-state index in [0.29, 0.717) is 0 Å². The largest absolute Gasteiger partial charge is 0.388 e. The van der Waals surface area contributed by atoms with Crippen LogP contribution in [0, 0.1) is 0 Å². The van der Waals surface area contributed by atoms with Crippen molar-refractivity contribution in [2.45, 2.75) is 12.0 Å². The molecule has 0 spiro atoms. The summed E-state index contributed by atoms with van der Waals surface area (Å²) in [6.07, 6.45) is 2.33. The van der Waals surface area contributed by atoms with E-state index in [1.54, 1.807) is 6.08 Å². The van der Waals surface area contributed by atoms with E-state index in [-0.39, 0.29) is 5.78 Å². The fourth-order valence-electron chi connectivity index (χ4n) is 2.44. The molecule has 2 aromatic rings. The van der Waals surface area contributed by atoms with E-state index >= 15 is 0 Å². The molecule has 0 aliphatic heterocycles. The summed E-state index contributed by atoms with van der Waals surface area (Å²) in [5, 5.41) is 12.0. The molecule has 2 nitrogen and oxygen atoms in total. The van der Waals surface area contributed by atoms with Gasteiger partial charge >= 0.3 is 0 Å². The third-order valence-corrected chi connectivity index (χ3v) is 3.26. The van der Waals surface area contributed by atoms with Gasteiger partial charge in [-0.1, -0.05) is 48.5 Å². The Morgan fingerprint density at radius 2 is 1.76 bits per heavy atom. The number of benzene rings is 2. The highest BCUT2D eigenvalue weighted by Gasteiger charge is 2.30. The van der Waals surface area contributed by atoms with Crippen molar-refractivity contribution in [3.8, 4) is 0 Å². The summed E-state index contributed by atoms with van der Waals surface area (Å²) in [7, 11) is 0. The number of fused-ring (bicyclic) bond motifs is 1. The van der Waals surface area contributed by atoms with Crippen LogP contribution in [0.2, 0.25) is 0 Å². The second kappa shape index (κ2) is 3.82. The number of aliphatic hydroxyl groups excluding tert-OH is 1. The van der Waals surface area contributed by atoms with Gasteiger partial charge < -0.3 is 5.11 Å². The first kappa shape index (κ1) is 10.2. The third kappa shape index (κ3) is 1.58. The minimum atomic E-state index is -0.701. The predicted octanol–water partition coefficient (Wildman–Crippen LogP) is 2.42. The lowest BCUT2D eigenvalue weighted by molar-refractivity contribution is -0.116. The average molecular weight is 224 g/mol. The Kier molecular flexibility index (Phi) is 2.30. The quantitative estimate of drug-likeness (QED) is 0.807. The van der Waals surface area contributed by atoms with Gasteiger partial charge in [0, 0.05) is 0 Å². The molecule has 2 heteroatoms. The molecule has 17 heavy (non-hydrogen) atoms. The monoisotopic (exact) mass is 224 g/mol. The molecule has 84 valence electrons. The maximum Gasteiger partial charge on any atom is 0.165 e. The Hall–Kier alpha value is -1.93. The summed E-state index contributed by atoms with van der Waals surface area (Å²) in [6.45, 7) is 0. The number of rotatable bonds is 1. The van der Waals surface area contributed by atoms with Crippen LogP contribution in [-0.4, -0.2) is 17.0 Å². The molecule has 1 aliphatic carbocycles. The lowest BCUT2D eigenvalue weighted by Crippen LogP contribution is -2.17. The summed E-state index contributed by atoms with van der Waals surface area (Å²) < 4.78 is 0. The Morgan fingerprint density at radius 3 is 2.53 bits per heavy atom. The van der Waals surface area contributed by atoms with Gasteiger partial charge in [-0.05, 0) is 22.4 Å². The van der Waals surface area contributed by atoms with Crippen LogP contribution in [0.15, 0.2) is 54.6 Å². The summed E-state index contributed by atoms with van der Waals surface area (Å²) >= 11 is 0. The lowest BCUT2D eigenvalue weighted by atomic mass is 9.90. The number of allylic oxidation sites excluding steroid dienone is 1. The third-order valence-electron chi connectivity index (χ3n) is 3.26. The van der Waals surface area contributed by atoms with Gasteiger partial charge in [-0.2, -0.15) is 0 Å². The van der Waals surface area contributed by atoms with Gasteiger partial charge in [0.1, 0.15) is 0 Å². The number of aliphatic hydroxyl groups is 1. The molecule has 2 aromatic carbocycles. The van der Waals surface area contributed by atoms with Crippen LogP contribution < -0.4 is 0 Å². The van der Waals surface area contributed by atoms with Crippen molar-refractivity contribution in [1.82, 2.24) is 0 Å². The highest BCUT2D eigenvalue weighted by Crippen LogP contribution is 2.32. The summed E-state index contributed by atoms with van der Waals surface area (Å²) in [4.78, 5) is 11.8. The van der Waals surface area contributed by atoms with Crippen molar-refractivity contribution in [2.75, 3.05) is 0 Å². The number of ketones is 1. The second-order valence-corrected chi connectivity index (χ2v) is 4.30. The molecule has 0 saturated carbocycles. The van der Waals surface area contributed by atoms with Crippen LogP contribution in [0.4, 0.5) is 0 Å². The maximum absolute atomic E-state index is 11.8. The molecular weight excluding hydrogens is 212 g/mol. The molecule has 0 heterocycles. The van der Waals surface area contributed by atoms with Crippen molar-refractivity contribution in [3.63, 3.8) is 0 Å². The number of carbonyl (C=O) groups excluding carboxylic acids is 1. The van der Waals surface area contributed by atoms with Crippen molar-refractivity contribution in [1.29, 1.82) is 0 Å². The molecule has 0 saturated heterocycles. The van der Waals surface area contributed by atoms with E-state index in [1.807, 2.05) is 42.5 Å². The standard InChI is InChI=1S/C15H12O2/c16-13-8-9-14(17)15(13)12-7-3-5-10-4-1-2-6-11(10)12/h1-9,13,15-16H/t13-,15+/m0/s1. The zero-order valence-corrected chi connectivity index (χ0v) is 9.21. The number of carbonyl (C=O) groups is 1. The van der Waals surface area contributed by atoms with Gasteiger partial charge in [-0.15, -0.1) is 0 Å². The van der Waals surface area contributed by atoms with Crippen LogP contribution in [0.5, 0.6) is 0 Å². The molecule has 1 N–H and O–H groups in total. The topological polar surface area (TPSA) is 37.3 Å². The Labute approximate surface area is 99.2 Å². The normalized spacial score (nSPS) is 23.5. The van der Waals surface area contributed by atoms with E-state index in [0.717, 1.165) is 16.3 Å². The average Bonchev–Trinajstić information content (AvgIpc) is 2.69. The molecule has 3 rings (SSSR count). The van der Waals surface area contributed by atoms with Gasteiger partial charge in [0.25, 0.3) is 0 Å². The highest BCUT2D eigenvalue weighted by molar-refractivity contribution is 6.02. The first-order valence-corrected chi connectivity index (χ1v) is 5.65.